The fraction of sp³-hybridized carbons (Fsp3) is 0.667. The first-order valence-electron chi connectivity index (χ1n) is 8.01. The molecule has 1 N–H and O–H groups in total. The van der Waals surface area contributed by atoms with Gasteiger partial charge in [-0.1, -0.05) is 0 Å². The summed E-state index contributed by atoms with van der Waals surface area (Å²) in [6.45, 7) is 3.70. The molecular weight excluding hydrogens is 298 g/mol. The zero-order chi connectivity index (χ0) is 16.7. The second kappa shape index (κ2) is 5.84. The van der Waals surface area contributed by atoms with E-state index >= 15 is 0 Å². The summed E-state index contributed by atoms with van der Waals surface area (Å²) in [5, 5.41) is 9.85. The second-order valence-electron chi connectivity index (χ2n) is 6.30. The van der Waals surface area contributed by atoms with Gasteiger partial charge in [0, 0.05) is 27.2 Å². The van der Waals surface area contributed by atoms with Gasteiger partial charge < -0.3 is 14.6 Å². The number of aliphatic hydroxyl groups is 1. The van der Waals surface area contributed by atoms with Crippen molar-refractivity contribution in [3.05, 3.63) is 20.8 Å². The van der Waals surface area contributed by atoms with Gasteiger partial charge in [0.1, 0.15) is 0 Å². The second-order valence-corrected chi connectivity index (χ2v) is 6.30. The van der Waals surface area contributed by atoms with E-state index in [1.54, 1.807) is 18.5 Å². The zero-order valence-corrected chi connectivity index (χ0v) is 13.8. The lowest BCUT2D eigenvalue weighted by Gasteiger charge is -2.28. The standard InChI is InChI=1S/C15H23N5O3/c1-10(21)9-20-11-12(17(2)15(23)18(3)13(11)22)16-14(20)19-7-5-4-6-8-19/h10,21H,4-9H2,1-3H3. The van der Waals surface area contributed by atoms with Crippen molar-refractivity contribution >= 4 is 17.1 Å². The number of hydrogen-bond acceptors (Lipinski definition) is 5. The Morgan fingerprint density at radius 1 is 1.13 bits per heavy atom. The molecule has 2 aromatic rings. The van der Waals surface area contributed by atoms with E-state index < -0.39 is 11.8 Å². The lowest BCUT2D eigenvalue weighted by atomic mass is 10.1. The van der Waals surface area contributed by atoms with Gasteiger partial charge in [0.15, 0.2) is 11.2 Å². The third-order valence-corrected chi connectivity index (χ3v) is 4.41. The van der Waals surface area contributed by atoms with Crippen LogP contribution < -0.4 is 16.1 Å². The Hall–Kier alpha value is -2.09. The average Bonchev–Trinajstić information content (AvgIpc) is 2.90. The Kier molecular flexibility index (Phi) is 4.01. The Labute approximate surface area is 133 Å². The number of aliphatic hydroxyl groups excluding tert-OH is 1. The maximum atomic E-state index is 12.6. The maximum absolute atomic E-state index is 12.6. The molecule has 3 heterocycles. The normalized spacial score (nSPS) is 17.0. The Bertz CT molecular complexity index is 839. The molecule has 1 saturated heterocycles. The minimum atomic E-state index is -0.613. The summed E-state index contributed by atoms with van der Waals surface area (Å²) in [4.78, 5) is 31.4. The van der Waals surface area contributed by atoms with Crippen LogP contribution in [0.2, 0.25) is 0 Å². The number of aryl methyl sites for hydroxylation is 1. The third-order valence-electron chi connectivity index (χ3n) is 4.41. The first kappa shape index (κ1) is 15.8. The Morgan fingerprint density at radius 3 is 2.39 bits per heavy atom. The molecule has 8 nitrogen and oxygen atoms in total. The predicted octanol–water partition coefficient (Wildman–Crippen LogP) is -0.195. The highest BCUT2D eigenvalue weighted by Crippen LogP contribution is 2.23. The number of piperidine rings is 1. The molecule has 2 aromatic heterocycles. The van der Waals surface area contributed by atoms with Gasteiger partial charge in [0.05, 0.1) is 12.6 Å². The van der Waals surface area contributed by atoms with E-state index in [2.05, 4.69) is 9.88 Å². The van der Waals surface area contributed by atoms with Crippen LogP contribution in [0.25, 0.3) is 11.2 Å². The van der Waals surface area contributed by atoms with Gasteiger partial charge in [-0.3, -0.25) is 13.9 Å². The number of anilines is 1. The van der Waals surface area contributed by atoms with E-state index in [1.165, 1.54) is 18.0 Å². The van der Waals surface area contributed by atoms with Crippen molar-refractivity contribution in [1.82, 2.24) is 18.7 Å². The van der Waals surface area contributed by atoms with Crippen LogP contribution in [0.1, 0.15) is 26.2 Å². The number of hydrogen-bond donors (Lipinski definition) is 1. The largest absolute Gasteiger partial charge is 0.392 e. The van der Waals surface area contributed by atoms with Crippen LogP contribution in [0, 0.1) is 0 Å². The summed E-state index contributed by atoms with van der Waals surface area (Å²) in [7, 11) is 3.08. The molecule has 0 saturated carbocycles. The fourth-order valence-electron chi connectivity index (χ4n) is 3.21. The van der Waals surface area contributed by atoms with Crippen LogP contribution in [0.5, 0.6) is 0 Å². The van der Waals surface area contributed by atoms with Crippen LogP contribution in [0.15, 0.2) is 9.59 Å². The third kappa shape index (κ3) is 2.56. The molecule has 3 rings (SSSR count). The van der Waals surface area contributed by atoms with Crippen molar-refractivity contribution in [3.63, 3.8) is 0 Å². The number of rotatable bonds is 3. The topological polar surface area (TPSA) is 85.3 Å². The first-order chi connectivity index (χ1) is 10.9. The SMILES string of the molecule is CC(O)Cn1c(N2CCCCC2)nc2c1c(=O)n(C)c(=O)n2C. The summed E-state index contributed by atoms with van der Waals surface area (Å²) in [6, 6.07) is 0. The molecule has 1 aliphatic rings. The van der Waals surface area contributed by atoms with Crippen LogP contribution >= 0.6 is 0 Å². The van der Waals surface area contributed by atoms with Crippen molar-refractivity contribution < 1.29 is 5.11 Å². The quantitative estimate of drug-likeness (QED) is 0.846. The first-order valence-corrected chi connectivity index (χ1v) is 8.01. The maximum Gasteiger partial charge on any atom is 0.332 e. The molecule has 0 bridgehead atoms. The van der Waals surface area contributed by atoms with Gasteiger partial charge in [-0.15, -0.1) is 0 Å². The van der Waals surface area contributed by atoms with E-state index in [9.17, 15) is 14.7 Å². The molecule has 0 spiro atoms. The van der Waals surface area contributed by atoms with Crippen LogP contribution in [0.3, 0.4) is 0 Å². The zero-order valence-electron chi connectivity index (χ0n) is 13.8. The molecule has 0 aromatic carbocycles. The van der Waals surface area contributed by atoms with E-state index in [0.29, 0.717) is 17.1 Å². The number of aromatic nitrogens is 4. The minimum Gasteiger partial charge on any atom is -0.392 e. The Morgan fingerprint density at radius 2 is 1.78 bits per heavy atom. The molecule has 0 radical (unpaired) electrons. The van der Waals surface area contributed by atoms with Crippen molar-refractivity contribution in [1.29, 1.82) is 0 Å². The summed E-state index contributed by atoms with van der Waals surface area (Å²) < 4.78 is 4.23. The van der Waals surface area contributed by atoms with Gasteiger partial charge in [-0.05, 0) is 26.2 Å². The van der Waals surface area contributed by atoms with Crippen LogP contribution in [0.4, 0.5) is 5.95 Å². The highest BCUT2D eigenvalue weighted by atomic mass is 16.3. The molecule has 0 amide bonds. The van der Waals surface area contributed by atoms with Crippen molar-refractivity contribution in [2.75, 3.05) is 18.0 Å². The predicted molar refractivity (Wildman–Crippen MR) is 88.0 cm³/mol. The van der Waals surface area contributed by atoms with Crippen LogP contribution in [-0.2, 0) is 20.6 Å². The summed E-state index contributed by atoms with van der Waals surface area (Å²) >= 11 is 0. The van der Waals surface area contributed by atoms with Gasteiger partial charge in [-0.2, -0.15) is 4.98 Å². The highest BCUT2D eigenvalue weighted by Gasteiger charge is 2.24. The van der Waals surface area contributed by atoms with E-state index in [1.807, 2.05) is 0 Å². The molecule has 126 valence electrons. The number of fused-ring (bicyclic) bond motifs is 1. The summed E-state index contributed by atoms with van der Waals surface area (Å²) in [5.74, 6) is 0.666. The number of nitrogens with zero attached hydrogens (tertiary/aromatic N) is 5. The van der Waals surface area contributed by atoms with E-state index in [-0.39, 0.29) is 12.1 Å². The molecule has 1 aliphatic heterocycles. The average molecular weight is 321 g/mol. The monoisotopic (exact) mass is 321 g/mol. The highest BCUT2D eigenvalue weighted by molar-refractivity contribution is 5.74. The van der Waals surface area contributed by atoms with Gasteiger partial charge in [0.2, 0.25) is 5.95 Å². The van der Waals surface area contributed by atoms with E-state index in [0.717, 1.165) is 30.5 Å². The van der Waals surface area contributed by atoms with E-state index in [4.69, 9.17) is 0 Å². The number of imidazole rings is 1. The smallest absolute Gasteiger partial charge is 0.332 e. The molecule has 1 unspecified atom stereocenters. The lowest BCUT2D eigenvalue weighted by Crippen LogP contribution is -2.38. The molecule has 0 aliphatic carbocycles. The van der Waals surface area contributed by atoms with Gasteiger partial charge in [-0.25, -0.2) is 4.79 Å². The summed E-state index contributed by atoms with van der Waals surface area (Å²) in [5.41, 5.74) is -0.0238. The Balaban J connectivity index is 2.31. The molecular formula is C15H23N5O3. The minimum absolute atomic E-state index is 0.274. The molecule has 1 fully saturated rings. The van der Waals surface area contributed by atoms with Crippen molar-refractivity contribution in [2.24, 2.45) is 14.1 Å². The fourth-order valence-corrected chi connectivity index (χ4v) is 3.21. The molecule has 1 atom stereocenters. The van der Waals surface area contributed by atoms with Gasteiger partial charge in [0.25, 0.3) is 5.56 Å². The van der Waals surface area contributed by atoms with Crippen molar-refractivity contribution in [3.8, 4) is 0 Å². The molecule has 23 heavy (non-hydrogen) atoms. The summed E-state index contributed by atoms with van der Waals surface area (Å²) in [6.07, 6.45) is 2.73. The van der Waals surface area contributed by atoms with Crippen molar-refractivity contribution in [2.45, 2.75) is 38.8 Å². The van der Waals surface area contributed by atoms with Crippen LogP contribution in [-0.4, -0.2) is 43.0 Å². The van der Waals surface area contributed by atoms with Gasteiger partial charge >= 0.3 is 5.69 Å². The lowest BCUT2D eigenvalue weighted by molar-refractivity contribution is 0.175. The molecule has 8 heteroatoms.